The van der Waals surface area contributed by atoms with Gasteiger partial charge in [0.1, 0.15) is 6.10 Å². The first kappa shape index (κ1) is 14.4. The maximum absolute atomic E-state index is 12.1. The maximum Gasteiger partial charge on any atom is 0.249 e. The Bertz CT molecular complexity index is 469. The van der Waals surface area contributed by atoms with Gasteiger partial charge in [0.25, 0.3) is 0 Å². The molecule has 0 radical (unpaired) electrons. The summed E-state index contributed by atoms with van der Waals surface area (Å²) in [6, 6.07) is 7.68. The highest BCUT2D eigenvalue weighted by Crippen LogP contribution is 2.46. The van der Waals surface area contributed by atoms with Gasteiger partial charge in [-0.2, -0.15) is 0 Å². The smallest absolute Gasteiger partial charge is 0.249 e. The predicted molar refractivity (Wildman–Crippen MR) is 76.2 cm³/mol. The first-order valence-corrected chi connectivity index (χ1v) is 7.04. The lowest BCUT2D eigenvalue weighted by Crippen LogP contribution is -2.42. The van der Waals surface area contributed by atoms with Gasteiger partial charge in [-0.3, -0.25) is 4.79 Å². The highest BCUT2D eigenvalue weighted by atomic mass is 35.5. The summed E-state index contributed by atoms with van der Waals surface area (Å²) in [4.78, 5) is 12.1. The molecule has 0 aromatic heterocycles. The summed E-state index contributed by atoms with van der Waals surface area (Å²) in [5, 5.41) is 3.79. The molecule has 1 amide bonds. The van der Waals surface area contributed by atoms with Gasteiger partial charge in [-0.05, 0) is 51.3 Å². The molecule has 1 N–H and O–H groups in total. The largest absolute Gasteiger partial charge is 0.366 e. The molecule has 1 aliphatic carbocycles. The molecule has 0 aliphatic heterocycles. The molecule has 1 aromatic rings. The maximum atomic E-state index is 12.1. The third-order valence-corrected chi connectivity index (χ3v) is 3.57. The molecular formula is C15H20ClNO2. The Morgan fingerprint density at radius 3 is 2.58 bits per heavy atom. The van der Waals surface area contributed by atoms with Crippen LogP contribution in [0.3, 0.4) is 0 Å². The van der Waals surface area contributed by atoms with Crippen LogP contribution in [0.25, 0.3) is 0 Å². The van der Waals surface area contributed by atoms with Crippen molar-refractivity contribution in [2.45, 2.75) is 51.4 Å². The van der Waals surface area contributed by atoms with Crippen LogP contribution in [-0.4, -0.2) is 18.1 Å². The van der Waals surface area contributed by atoms with E-state index < -0.39 is 6.10 Å². The quantitative estimate of drug-likeness (QED) is 0.900. The second kappa shape index (κ2) is 5.51. The van der Waals surface area contributed by atoms with E-state index in [9.17, 15) is 4.79 Å². The highest BCUT2D eigenvalue weighted by molar-refractivity contribution is 6.30. The Balaban J connectivity index is 2.04. The third kappa shape index (κ3) is 3.48. The summed E-state index contributed by atoms with van der Waals surface area (Å²) in [7, 11) is 0. The van der Waals surface area contributed by atoms with Crippen LogP contribution in [0.15, 0.2) is 24.3 Å². The number of benzene rings is 1. The van der Waals surface area contributed by atoms with Crippen LogP contribution in [-0.2, 0) is 15.1 Å². The van der Waals surface area contributed by atoms with E-state index in [0.717, 1.165) is 18.4 Å². The minimum absolute atomic E-state index is 0.0436. The van der Waals surface area contributed by atoms with Gasteiger partial charge < -0.3 is 10.1 Å². The van der Waals surface area contributed by atoms with E-state index in [1.165, 1.54) is 0 Å². The Kier molecular flexibility index (Phi) is 4.16. The highest BCUT2D eigenvalue weighted by Gasteiger charge is 2.46. The molecule has 1 atom stereocenters. The van der Waals surface area contributed by atoms with Crippen molar-refractivity contribution in [2.24, 2.45) is 0 Å². The summed E-state index contributed by atoms with van der Waals surface area (Å²) < 4.78 is 5.51. The number of carbonyl (C=O) groups is 1. The summed E-state index contributed by atoms with van der Waals surface area (Å²) in [5.41, 5.74) is 0.835. The molecule has 0 bridgehead atoms. The van der Waals surface area contributed by atoms with Gasteiger partial charge in [0, 0.05) is 5.02 Å². The molecule has 104 valence electrons. The molecule has 1 fully saturated rings. The molecular weight excluding hydrogens is 262 g/mol. The Labute approximate surface area is 119 Å². The number of hydrogen-bond donors (Lipinski definition) is 1. The van der Waals surface area contributed by atoms with Gasteiger partial charge in [-0.15, -0.1) is 0 Å². The van der Waals surface area contributed by atoms with Crippen molar-refractivity contribution >= 4 is 17.5 Å². The van der Waals surface area contributed by atoms with E-state index in [4.69, 9.17) is 16.3 Å². The lowest BCUT2D eigenvalue weighted by molar-refractivity contribution is -0.135. The SMILES string of the molecule is CC(C)O[C@H](C)C(=O)NC1(c2cccc(Cl)c2)CC1. The van der Waals surface area contributed by atoms with Crippen LogP contribution in [0.1, 0.15) is 39.2 Å². The molecule has 0 spiro atoms. The molecule has 3 nitrogen and oxygen atoms in total. The number of ether oxygens (including phenoxy) is 1. The van der Waals surface area contributed by atoms with E-state index in [-0.39, 0.29) is 17.6 Å². The topological polar surface area (TPSA) is 38.3 Å². The van der Waals surface area contributed by atoms with E-state index in [1.807, 2.05) is 38.1 Å². The number of nitrogens with one attached hydrogen (secondary N) is 1. The number of amides is 1. The number of rotatable bonds is 5. The molecule has 4 heteroatoms. The molecule has 1 saturated carbocycles. The summed E-state index contributed by atoms with van der Waals surface area (Å²) in [6.45, 7) is 5.63. The van der Waals surface area contributed by atoms with E-state index in [0.29, 0.717) is 5.02 Å². The lowest BCUT2D eigenvalue weighted by atomic mass is 10.0. The Morgan fingerprint density at radius 2 is 2.05 bits per heavy atom. The van der Waals surface area contributed by atoms with Crippen molar-refractivity contribution in [3.05, 3.63) is 34.9 Å². The predicted octanol–water partition coefficient (Wildman–Crippen LogP) is 3.26. The van der Waals surface area contributed by atoms with Crippen LogP contribution < -0.4 is 5.32 Å². The van der Waals surface area contributed by atoms with Crippen molar-refractivity contribution < 1.29 is 9.53 Å². The fourth-order valence-corrected chi connectivity index (χ4v) is 2.39. The second-order valence-electron chi connectivity index (χ2n) is 5.41. The van der Waals surface area contributed by atoms with Gasteiger partial charge in [-0.25, -0.2) is 0 Å². The van der Waals surface area contributed by atoms with Crippen LogP contribution >= 0.6 is 11.6 Å². The summed E-state index contributed by atoms with van der Waals surface area (Å²) in [5.74, 6) is -0.0637. The Hall–Kier alpha value is -1.06. The molecule has 0 heterocycles. The molecule has 2 rings (SSSR count). The van der Waals surface area contributed by atoms with E-state index >= 15 is 0 Å². The molecule has 1 aliphatic rings. The van der Waals surface area contributed by atoms with Crippen molar-refractivity contribution in [3.8, 4) is 0 Å². The minimum Gasteiger partial charge on any atom is -0.366 e. The van der Waals surface area contributed by atoms with Crippen LogP contribution in [0.5, 0.6) is 0 Å². The second-order valence-corrected chi connectivity index (χ2v) is 5.85. The number of carbonyl (C=O) groups excluding carboxylic acids is 1. The van der Waals surface area contributed by atoms with Crippen molar-refractivity contribution in [1.82, 2.24) is 5.32 Å². The third-order valence-electron chi connectivity index (χ3n) is 3.34. The zero-order chi connectivity index (χ0) is 14.0. The lowest BCUT2D eigenvalue weighted by Gasteiger charge is -2.22. The van der Waals surface area contributed by atoms with Crippen molar-refractivity contribution in [2.75, 3.05) is 0 Å². The number of halogens is 1. The normalized spacial score (nSPS) is 18.2. The average molecular weight is 282 g/mol. The van der Waals surface area contributed by atoms with E-state index in [2.05, 4.69) is 5.32 Å². The van der Waals surface area contributed by atoms with E-state index in [1.54, 1.807) is 6.92 Å². The van der Waals surface area contributed by atoms with Gasteiger partial charge in [0.2, 0.25) is 5.91 Å². The average Bonchev–Trinajstić information content (AvgIpc) is 3.09. The van der Waals surface area contributed by atoms with Crippen LogP contribution in [0, 0.1) is 0 Å². The molecule has 0 saturated heterocycles. The summed E-state index contributed by atoms with van der Waals surface area (Å²) >= 11 is 6.01. The summed E-state index contributed by atoms with van der Waals surface area (Å²) in [6.07, 6.45) is 1.51. The number of hydrogen-bond acceptors (Lipinski definition) is 2. The first-order valence-electron chi connectivity index (χ1n) is 6.66. The zero-order valence-electron chi connectivity index (χ0n) is 11.6. The fraction of sp³-hybridized carbons (Fsp3) is 0.533. The Morgan fingerprint density at radius 1 is 1.37 bits per heavy atom. The minimum atomic E-state index is -0.434. The van der Waals surface area contributed by atoms with Crippen LogP contribution in [0.4, 0.5) is 0 Å². The molecule has 1 aromatic carbocycles. The van der Waals surface area contributed by atoms with Gasteiger partial charge in [0.15, 0.2) is 0 Å². The van der Waals surface area contributed by atoms with Crippen LogP contribution in [0.2, 0.25) is 5.02 Å². The van der Waals surface area contributed by atoms with Gasteiger partial charge >= 0.3 is 0 Å². The fourth-order valence-electron chi connectivity index (χ4n) is 2.20. The van der Waals surface area contributed by atoms with Crippen molar-refractivity contribution in [3.63, 3.8) is 0 Å². The zero-order valence-corrected chi connectivity index (χ0v) is 12.3. The van der Waals surface area contributed by atoms with Gasteiger partial charge in [0.05, 0.1) is 11.6 Å². The molecule has 19 heavy (non-hydrogen) atoms. The first-order chi connectivity index (χ1) is 8.93. The molecule has 0 unspecified atom stereocenters. The van der Waals surface area contributed by atoms with Gasteiger partial charge in [-0.1, -0.05) is 23.7 Å². The standard InChI is InChI=1S/C15H20ClNO2/c1-10(2)19-11(3)14(18)17-15(7-8-15)12-5-4-6-13(16)9-12/h4-6,9-11H,7-8H2,1-3H3,(H,17,18)/t11-/m1/s1. The van der Waals surface area contributed by atoms with Crippen molar-refractivity contribution in [1.29, 1.82) is 0 Å². The monoisotopic (exact) mass is 281 g/mol.